The molecule has 7 heteroatoms. The summed E-state index contributed by atoms with van der Waals surface area (Å²) in [4.78, 5) is 13.6. The van der Waals surface area contributed by atoms with E-state index in [0.29, 0.717) is 26.0 Å². The van der Waals surface area contributed by atoms with E-state index in [0.717, 1.165) is 0 Å². The van der Waals surface area contributed by atoms with Gasteiger partial charge in [-0.3, -0.25) is 0 Å². The molecular formula is C14H25F3N2O2. The molecule has 2 unspecified atom stereocenters. The van der Waals surface area contributed by atoms with Crippen molar-refractivity contribution in [3.8, 4) is 0 Å². The zero-order valence-corrected chi connectivity index (χ0v) is 13.1. The average Bonchev–Trinajstić information content (AvgIpc) is 2.37. The minimum atomic E-state index is -4.39. The van der Waals surface area contributed by atoms with Crippen LogP contribution in [0.5, 0.6) is 0 Å². The Balaban J connectivity index is 2.68. The molecule has 124 valence electrons. The van der Waals surface area contributed by atoms with Crippen LogP contribution >= 0.6 is 0 Å². The second-order valence-corrected chi connectivity index (χ2v) is 5.98. The van der Waals surface area contributed by atoms with Crippen molar-refractivity contribution in [1.29, 1.82) is 0 Å². The molecule has 0 aromatic carbocycles. The van der Waals surface area contributed by atoms with E-state index in [1.54, 1.807) is 0 Å². The highest BCUT2D eigenvalue weighted by molar-refractivity contribution is 5.75. The first-order valence-corrected chi connectivity index (χ1v) is 7.36. The highest BCUT2D eigenvalue weighted by Gasteiger charge is 2.52. The average molecular weight is 310 g/mol. The Morgan fingerprint density at radius 2 is 2.00 bits per heavy atom. The number of urea groups is 1. The molecule has 0 radical (unpaired) electrons. The second-order valence-electron chi connectivity index (χ2n) is 5.98. The molecular weight excluding hydrogens is 285 g/mol. The quantitative estimate of drug-likeness (QED) is 0.818. The zero-order valence-electron chi connectivity index (χ0n) is 13.1. The van der Waals surface area contributed by atoms with Gasteiger partial charge in [0, 0.05) is 24.6 Å². The molecule has 2 amide bonds. The van der Waals surface area contributed by atoms with Gasteiger partial charge in [-0.1, -0.05) is 20.8 Å². The number of nitrogens with one attached hydrogen (secondary N) is 1. The van der Waals surface area contributed by atoms with Gasteiger partial charge in [-0.15, -0.1) is 0 Å². The van der Waals surface area contributed by atoms with Crippen LogP contribution in [-0.2, 0) is 4.74 Å². The summed E-state index contributed by atoms with van der Waals surface area (Å²) < 4.78 is 42.3. The van der Waals surface area contributed by atoms with Gasteiger partial charge in [0.2, 0.25) is 0 Å². The van der Waals surface area contributed by atoms with Gasteiger partial charge in [-0.25, -0.2) is 4.79 Å². The van der Waals surface area contributed by atoms with Crippen molar-refractivity contribution in [2.75, 3.05) is 19.7 Å². The van der Waals surface area contributed by atoms with Gasteiger partial charge in [0.25, 0.3) is 0 Å². The number of alkyl halides is 3. The van der Waals surface area contributed by atoms with E-state index in [4.69, 9.17) is 4.74 Å². The topological polar surface area (TPSA) is 41.6 Å². The van der Waals surface area contributed by atoms with Crippen LogP contribution in [0.1, 0.15) is 40.5 Å². The van der Waals surface area contributed by atoms with E-state index in [-0.39, 0.29) is 17.6 Å². The lowest BCUT2D eigenvalue weighted by Gasteiger charge is -2.55. The zero-order chi connectivity index (χ0) is 16.3. The molecule has 21 heavy (non-hydrogen) atoms. The maximum atomic E-state index is 12.2. The summed E-state index contributed by atoms with van der Waals surface area (Å²) >= 11 is 0. The number of hydrogen-bond acceptors (Lipinski definition) is 2. The molecule has 1 rings (SSSR count). The van der Waals surface area contributed by atoms with Crippen LogP contribution in [0.15, 0.2) is 0 Å². The molecule has 0 bridgehead atoms. The summed E-state index contributed by atoms with van der Waals surface area (Å²) in [5.41, 5.74) is -0.249. The summed E-state index contributed by atoms with van der Waals surface area (Å²) in [7, 11) is 0. The molecule has 0 heterocycles. The number of nitrogens with zero attached hydrogens (tertiary/aromatic N) is 1. The molecule has 4 nitrogen and oxygen atoms in total. The maximum absolute atomic E-state index is 12.2. The number of halogens is 3. The Morgan fingerprint density at radius 3 is 2.43 bits per heavy atom. The minimum absolute atomic E-state index is 0.0438. The number of rotatable bonds is 6. The fourth-order valence-electron chi connectivity index (χ4n) is 2.79. The maximum Gasteiger partial charge on any atom is 0.405 e. The summed E-state index contributed by atoms with van der Waals surface area (Å²) in [5, 5.41) is 1.96. The third-order valence-corrected chi connectivity index (χ3v) is 4.04. The van der Waals surface area contributed by atoms with Gasteiger partial charge in [0.15, 0.2) is 0 Å². The first kappa shape index (κ1) is 18.1. The monoisotopic (exact) mass is 310 g/mol. The number of carbonyl (C=O) groups is 1. The minimum Gasteiger partial charge on any atom is -0.378 e. The van der Waals surface area contributed by atoms with E-state index in [9.17, 15) is 18.0 Å². The van der Waals surface area contributed by atoms with Gasteiger partial charge < -0.3 is 15.0 Å². The lowest BCUT2D eigenvalue weighted by molar-refractivity contribution is -0.142. The molecule has 2 atom stereocenters. The van der Waals surface area contributed by atoms with E-state index in [1.165, 1.54) is 4.90 Å². The Bertz CT molecular complexity index is 359. The number of carbonyl (C=O) groups excluding carboxylic acids is 1. The van der Waals surface area contributed by atoms with Gasteiger partial charge >= 0.3 is 12.2 Å². The van der Waals surface area contributed by atoms with Crippen molar-refractivity contribution in [1.82, 2.24) is 10.2 Å². The molecule has 1 saturated carbocycles. The second kappa shape index (κ2) is 6.85. The Kier molecular flexibility index (Phi) is 5.90. The SMILES string of the molecule is CCCN(C(=O)NCC(F)(F)F)C1CC(OCC)C1(C)C. The Hall–Kier alpha value is -0.980. The molecule has 1 aliphatic rings. The Morgan fingerprint density at radius 1 is 1.38 bits per heavy atom. The summed E-state index contributed by atoms with van der Waals surface area (Å²) in [6.07, 6.45) is -2.98. The summed E-state index contributed by atoms with van der Waals surface area (Å²) in [5.74, 6) is 0. The number of amides is 2. The predicted molar refractivity (Wildman–Crippen MR) is 74.1 cm³/mol. The summed E-state index contributed by atoms with van der Waals surface area (Å²) in [6, 6.07) is -0.746. The molecule has 0 aromatic rings. The first-order chi connectivity index (χ1) is 9.63. The van der Waals surface area contributed by atoms with Gasteiger partial charge in [0.05, 0.1) is 6.10 Å². The molecule has 1 N–H and O–H groups in total. The van der Waals surface area contributed by atoms with Crippen LogP contribution in [0.4, 0.5) is 18.0 Å². The van der Waals surface area contributed by atoms with Crippen molar-refractivity contribution in [3.63, 3.8) is 0 Å². The lowest BCUT2D eigenvalue weighted by atomic mass is 9.63. The molecule has 0 aromatic heterocycles. The van der Waals surface area contributed by atoms with Crippen LogP contribution in [0.3, 0.4) is 0 Å². The normalized spacial score (nSPS) is 24.3. The van der Waals surface area contributed by atoms with E-state index in [2.05, 4.69) is 0 Å². The highest BCUT2D eigenvalue weighted by Crippen LogP contribution is 2.45. The fourth-order valence-corrected chi connectivity index (χ4v) is 2.79. The molecule has 1 aliphatic carbocycles. The van der Waals surface area contributed by atoms with Crippen LogP contribution in [0, 0.1) is 5.41 Å². The van der Waals surface area contributed by atoms with Gasteiger partial charge in [-0.05, 0) is 19.8 Å². The first-order valence-electron chi connectivity index (χ1n) is 7.36. The fraction of sp³-hybridized carbons (Fsp3) is 0.929. The predicted octanol–water partition coefficient (Wildman–Crippen LogP) is 3.17. The van der Waals surface area contributed by atoms with Crippen LogP contribution in [0.2, 0.25) is 0 Å². The van der Waals surface area contributed by atoms with Crippen LogP contribution < -0.4 is 5.32 Å². The van der Waals surface area contributed by atoms with Crippen molar-refractivity contribution in [3.05, 3.63) is 0 Å². The third-order valence-electron chi connectivity index (χ3n) is 4.04. The largest absolute Gasteiger partial charge is 0.405 e. The van der Waals surface area contributed by atoms with Crippen molar-refractivity contribution >= 4 is 6.03 Å². The van der Waals surface area contributed by atoms with Crippen LogP contribution in [0.25, 0.3) is 0 Å². The number of ether oxygens (including phenoxy) is 1. The van der Waals surface area contributed by atoms with Crippen LogP contribution in [-0.4, -0.2) is 48.9 Å². The van der Waals surface area contributed by atoms with E-state index in [1.807, 2.05) is 33.0 Å². The Labute approximate surface area is 124 Å². The van der Waals surface area contributed by atoms with Crippen molar-refractivity contribution in [2.45, 2.75) is 58.9 Å². The van der Waals surface area contributed by atoms with Gasteiger partial charge in [0.1, 0.15) is 6.54 Å². The molecule has 0 spiro atoms. The molecule has 0 saturated heterocycles. The molecule has 0 aliphatic heterocycles. The third kappa shape index (κ3) is 4.49. The van der Waals surface area contributed by atoms with Gasteiger partial charge in [-0.2, -0.15) is 13.2 Å². The van der Waals surface area contributed by atoms with Crippen molar-refractivity contribution < 1.29 is 22.7 Å². The highest BCUT2D eigenvalue weighted by atomic mass is 19.4. The molecule has 1 fully saturated rings. The smallest absolute Gasteiger partial charge is 0.378 e. The lowest BCUT2D eigenvalue weighted by Crippen LogP contribution is -2.65. The number of hydrogen-bond donors (Lipinski definition) is 1. The van der Waals surface area contributed by atoms with E-state index < -0.39 is 18.8 Å². The summed E-state index contributed by atoms with van der Waals surface area (Å²) in [6.45, 7) is 7.51. The van der Waals surface area contributed by atoms with Crippen molar-refractivity contribution in [2.24, 2.45) is 5.41 Å². The standard InChI is InChI=1S/C14H25F3N2O2/c1-5-7-19(12(20)18-9-14(15,16)17)10-8-11(21-6-2)13(10,3)4/h10-11H,5-9H2,1-4H3,(H,18,20). The van der Waals surface area contributed by atoms with E-state index >= 15 is 0 Å².